The van der Waals surface area contributed by atoms with E-state index in [-0.39, 0.29) is 6.42 Å². The molecule has 0 amide bonds. The van der Waals surface area contributed by atoms with Crippen molar-refractivity contribution in [3.63, 3.8) is 0 Å². The van der Waals surface area contributed by atoms with Crippen LogP contribution in [0.2, 0.25) is 0 Å². The lowest BCUT2D eigenvalue weighted by Gasteiger charge is -2.11. The maximum absolute atomic E-state index is 8.90. The van der Waals surface area contributed by atoms with Crippen molar-refractivity contribution in [3.8, 4) is 17.8 Å². The van der Waals surface area contributed by atoms with E-state index in [2.05, 4.69) is 28.4 Å². The fourth-order valence-electron chi connectivity index (χ4n) is 1.97. The summed E-state index contributed by atoms with van der Waals surface area (Å²) in [6, 6.07) is 10.2. The molecule has 0 spiro atoms. The van der Waals surface area contributed by atoms with Gasteiger partial charge in [0, 0.05) is 0 Å². The molecule has 0 saturated heterocycles. The number of benzene rings is 1. The molecule has 2 aromatic rings. The van der Waals surface area contributed by atoms with Gasteiger partial charge in [-0.25, -0.2) is 0 Å². The van der Waals surface area contributed by atoms with Crippen LogP contribution in [0, 0.1) is 36.5 Å². The maximum atomic E-state index is 8.90. The van der Waals surface area contributed by atoms with Crippen molar-refractivity contribution >= 4 is 11.8 Å². The van der Waals surface area contributed by atoms with E-state index in [1.54, 1.807) is 0 Å². The van der Waals surface area contributed by atoms with E-state index < -0.39 is 0 Å². The minimum atomic E-state index is 0.188. The molecule has 1 aromatic carbocycles. The van der Waals surface area contributed by atoms with Gasteiger partial charge in [0.05, 0.1) is 30.0 Å². The van der Waals surface area contributed by atoms with Crippen molar-refractivity contribution in [2.24, 2.45) is 0 Å². The van der Waals surface area contributed by atoms with Crippen LogP contribution in [-0.4, -0.2) is 20.5 Å². The summed E-state index contributed by atoms with van der Waals surface area (Å²) in [5.74, 6) is 0.898. The predicted octanol–water partition coefficient (Wildman–Crippen LogP) is 2.57. The highest BCUT2D eigenvalue weighted by Gasteiger charge is 2.15. The Kier molecular flexibility index (Phi) is 4.39. The van der Waals surface area contributed by atoms with Crippen LogP contribution in [0.5, 0.6) is 0 Å². The van der Waals surface area contributed by atoms with Crippen LogP contribution < -0.4 is 0 Å². The van der Waals surface area contributed by atoms with E-state index in [1.165, 1.54) is 17.3 Å². The van der Waals surface area contributed by atoms with Gasteiger partial charge in [-0.15, -0.1) is 10.2 Å². The molecule has 0 fully saturated rings. The van der Waals surface area contributed by atoms with Crippen LogP contribution in [0.15, 0.2) is 23.4 Å². The van der Waals surface area contributed by atoms with E-state index in [0.29, 0.717) is 16.7 Å². The van der Waals surface area contributed by atoms with E-state index in [0.717, 1.165) is 11.3 Å². The first-order chi connectivity index (χ1) is 9.67. The zero-order valence-corrected chi connectivity index (χ0v) is 12.1. The largest absolute Gasteiger partial charge is 0.273 e. The molecule has 0 saturated carbocycles. The van der Waals surface area contributed by atoms with Crippen molar-refractivity contribution < 1.29 is 0 Å². The van der Waals surface area contributed by atoms with Crippen molar-refractivity contribution in [2.45, 2.75) is 25.4 Å². The summed E-state index contributed by atoms with van der Waals surface area (Å²) in [4.78, 5) is 0. The molecule has 0 N–H and O–H groups in total. The summed E-state index contributed by atoms with van der Waals surface area (Å²) in [7, 11) is 0. The van der Waals surface area contributed by atoms with Gasteiger partial charge < -0.3 is 0 Å². The van der Waals surface area contributed by atoms with Gasteiger partial charge in [-0.3, -0.25) is 4.57 Å². The molecule has 6 heteroatoms. The molecule has 1 heterocycles. The normalized spacial score (nSPS) is 10.0. The summed E-state index contributed by atoms with van der Waals surface area (Å²) in [5.41, 5.74) is 3.21. The zero-order valence-electron chi connectivity index (χ0n) is 11.3. The Morgan fingerprint density at radius 2 is 2.00 bits per heavy atom. The first-order valence-corrected chi connectivity index (χ1v) is 7.04. The molecule has 0 radical (unpaired) electrons. The lowest BCUT2D eigenvalue weighted by atomic mass is 10.1. The van der Waals surface area contributed by atoms with Gasteiger partial charge in [-0.05, 0) is 25.5 Å². The Morgan fingerprint density at radius 1 is 1.20 bits per heavy atom. The Hall–Kier alpha value is -2.31. The summed E-state index contributed by atoms with van der Waals surface area (Å²) in [6.45, 7) is 4.04. The Labute approximate surface area is 121 Å². The van der Waals surface area contributed by atoms with Crippen LogP contribution in [0.25, 0.3) is 5.69 Å². The van der Waals surface area contributed by atoms with E-state index in [9.17, 15) is 0 Å². The number of hydrogen-bond acceptors (Lipinski definition) is 5. The third-order valence-corrected chi connectivity index (χ3v) is 3.59. The summed E-state index contributed by atoms with van der Waals surface area (Å²) < 4.78 is 1.86. The number of rotatable bonds is 4. The average Bonchev–Trinajstić information content (AvgIpc) is 2.80. The second kappa shape index (κ2) is 6.23. The van der Waals surface area contributed by atoms with Gasteiger partial charge >= 0.3 is 0 Å². The van der Waals surface area contributed by atoms with Gasteiger partial charge in [0.1, 0.15) is 0 Å². The topological polar surface area (TPSA) is 78.3 Å². The third kappa shape index (κ3) is 2.81. The van der Waals surface area contributed by atoms with E-state index in [1.807, 2.05) is 30.5 Å². The molecule has 0 aliphatic rings. The lowest BCUT2D eigenvalue weighted by Crippen LogP contribution is -2.04. The molecule has 0 bridgehead atoms. The Bertz CT molecular complexity index is 705. The Morgan fingerprint density at radius 3 is 2.65 bits per heavy atom. The first-order valence-electron chi connectivity index (χ1n) is 6.06. The average molecular weight is 283 g/mol. The molecule has 100 valence electrons. The highest BCUT2D eigenvalue weighted by molar-refractivity contribution is 7.99. The number of nitriles is 2. The summed E-state index contributed by atoms with van der Waals surface area (Å²) in [5, 5.41) is 26.4. The second-order valence-electron chi connectivity index (χ2n) is 4.31. The van der Waals surface area contributed by atoms with Crippen LogP contribution in [0.1, 0.15) is 17.0 Å². The first kappa shape index (κ1) is 14.1. The van der Waals surface area contributed by atoms with Gasteiger partial charge in [-0.1, -0.05) is 29.5 Å². The van der Waals surface area contributed by atoms with Gasteiger partial charge in [-0.2, -0.15) is 10.5 Å². The molecule has 0 aliphatic carbocycles. The SMILES string of the molecule is Cc1ccc(-n2c(CC#N)nnc2SCC#N)c(C)c1. The number of thioether (sulfide) groups is 1. The minimum absolute atomic E-state index is 0.188. The van der Waals surface area contributed by atoms with Crippen LogP contribution in [-0.2, 0) is 6.42 Å². The highest BCUT2D eigenvalue weighted by Crippen LogP contribution is 2.24. The lowest BCUT2D eigenvalue weighted by molar-refractivity contribution is 0.849. The van der Waals surface area contributed by atoms with Gasteiger partial charge in [0.25, 0.3) is 0 Å². The fraction of sp³-hybridized carbons (Fsp3) is 0.286. The molecule has 0 atom stereocenters. The molecule has 1 aromatic heterocycles. The summed E-state index contributed by atoms with van der Waals surface area (Å²) >= 11 is 1.32. The number of hydrogen-bond donors (Lipinski definition) is 0. The molecular weight excluding hydrogens is 270 g/mol. The van der Waals surface area contributed by atoms with Crippen molar-refractivity contribution in [3.05, 3.63) is 35.2 Å². The van der Waals surface area contributed by atoms with Crippen LogP contribution in [0.3, 0.4) is 0 Å². The molecule has 0 unspecified atom stereocenters. The number of aromatic nitrogens is 3. The predicted molar refractivity (Wildman–Crippen MR) is 76.5 cm³/mol. The Balaban J connectivity index is 2.54. The van der Waals surface area contributed by atoms with Gasteiger partial charge in [0.2, 0.25) is 0 Å². The quantitative estimate of drug-likeness (QED) is 0.806. The van der Waals surface area contributed by atoms with E-state index in [4.69, 9.17) is 10.5 Å². The van der Waals surface area contributed by atoms with Gasteiger partial charge in [0.15, 0.2) is 11.0 Å². The van der Waals surface area contributed by atoms with E-state index >= 15 is 0 Å². The fourth-order valence-corrected chi connectivity index (χ4v) is 2.60. The molecule has 0 aliphatic heterocycles. The molecule has 20 heavy (non-hydrogen) atoms. The highest BCUT2D eigenvalue weighted by atomic mass is 32.2. The molecular formula is C14H13N5S. The third-order valence-electron chi connectivity index (χ3n) is 2.80. The maximum Gasteiger partial charge on any atom is 0.196 e. The zero-order chi connectivity index (χ0) is 14.5. The standard InChI is InChI=1S/C14H13N5S/c1-10-3-4-12(11(2)9-10)19-13(5-6-15)17-18-14(19)20-8-7-16/h3-4,9H,5,8H2,1-2H3. The van der Waals surface area contributed by atoms with Crippen molar-refractivity contribution in [1.29, 1.82) is 10.5 Å². The number of nitrogens with zero attached hydrogens (tertiary/aromatic N) is 5. The smallest absolute Gasteiger partial charge is 0.196 e. The monoisotopic (exact) mass is 283 g/mol. The minimum Gasteiger partial charge on any atom is -0.273 e. The van der Waals surface area contributed by atoms with Crippen molar-refractivity contribution in [1.82, 2.24) is 14.8 Å². The van der Waals surface area contributed by atoms with Crippen LogP contribution in [0.4, 0.5) is 0 Å². The molecule has 2 rings (SSSR count). The summed E-state index contributed by atoms with van der Waals surface area (Å²) in [6.07, 6.45) is 0.188. The number of aryl methyl sites for hydroxylation is 2. The van der Waals surface area contributed by atoms with Crippen molar-refractivity contribution in [2.75, 3.05) is 5.75 Å². The van der Waals surface area contributed by atoms with Crippen LogP contribution >= 0.6 is 11.8 Å². The molecule has 5 nitrogen and oxygen atoms in total. The second-order valence-corrected chi connectivity index (χ2v) is 5.25.